The highest BCUT2D eigenvalue weighted by atomic mass is 35.5. The third-order valence-electron chi connectivity index (χ3n) is 6.78. The van der Waals surface area contributed by atoms with Crippen LogP contribution < -0.4 is 5.73 Å². The van der Waals surface area contributed by atoms with Crippen molar-refractivity contribution in [3.8, 4) is 0 Å². The van der Waals surface area contributed by atoms with Gasteiger partial charge in [-0.15, -0.1) is 0 Å². The van der Waals surface area contributed by atoms with Gasteiger partial charge < -0.3 is 15.5 Å². The first kappa shape index (κ1) is 19.6. The second-order valence-electron chi connectivity index (χ2n) is 8.42. The molecule has 2 atom stereocenters. The van der Waals surface area contributed by atoms with Crippen molar-refractivity contribution < 1.29 is 4.79 Å². The summed E-state index contributed by atoms with van der Waals surface area (Å²) in [5.74, 6) is 1.93. The maximum Gasteiger partial charge on any atom is 0.138 e. The Morgan fingerprint density at radius 2 is 2.00 bits per heavy atom. The Labute approximate surface area is 171 Å². The summed E-state index contributed by atoms with van der Waals surface area (Å²) < 4.78 is 0. The monoisotopic (exact) mass is 400 g/mol. The Kier molecular flexibility index (Phi) is 5.85. The Bertz CT molecular complexity index is 764. The van der Waals surface area contributed by atoms with E-state index >= 15 is 0 Å². The highest BCUT2D eigenvalue weighted by molar-refractivity contribution is 6.30. The van der Waals surface area contributed by atoms with Crippen LogP contribution >= 0.6 is 11.6 Å². The number of H-pyrrole nitrogens is 1. The summed E-state index contributed by atoms with van der Waals surface area (Å²) in [6, 6.07) is 7.13. The van der Waals surface area contributed by atoms with Crippen LogP contribution in [0.5, 0.6) is 0 Å². The molecule has 2 aromatic rings. The van der Waals surface area contributed by atoms with Gasteiger partial charge in [-0.2, -0.15) is 0 Å². The Morgan fingerprint density at radius 3 is 2.57 bits per heavy atom. The van der Waals surface area contributed by atoms with Crippen LogP contribution in [0.15, 0.2) is 36.7 Å². The summed E-state index contributed by atoms with van der Waals surface area (Å²) in [4.78, 5) is 21.6. The topological polar surface area (TPSA) is 75.0 Å². The lowest BCUT2D eigenvalue weighted by atomic mass is 9.70. The third kappa shape index (κ3) is 4.17. The van der Waals surface area contributed by atoms with E-state index in [0.717, 1.165) is 55.9 Å². The molecule has 6 heteroatoms. The van der Waals surface area contributed by atoms with E-state index in [9.17, 15) is 4.79 Å². The summed E-state index contributed by atoms with van der Waals surface area (Å²) in [5.41, 5.74) is 7.70. The SMILES string of the molecule is NC(C=O)C(c1ccc(Cl)cc1)N1CCC(CCc2ncc[nH]2)(C2CC2)CC1. The second kappa shape index (κ2) is 8.36. The molecule has 28 heavy (non-hydrogen) atoms. The van der Waals surface area contributed by atoms with Gasteiger partial charge >= 0.3 is 0 Å². The van der Waals surface area contributed by atoms with Crippen LogP contribution in [-0.2, 0) is 11.2 Å². The van der Waals surface area contributed by atoms with Crippen molar-refractivity contribution in [3.05, 3.63) is 53.1 Å². The average molecular weight is 401 g/mol. The minimum atomic E-state index is -0.530. The average Bonchev–Trinajstić information content (AvgIpc) is 3.45. The van der Waals surface area contributed by atoms with Gasteiger partial charge in [0.1, 0.15) is 12.1 Å². The molecular weight excluding hydrogens is 372 g/mol. The molecule has 1 aromatic heterocycles. The lowest BCUT2D eigenvalue weighted by molar-refractivity contribution is -0.110. The number of aldehydes is 1. The van der Waals surface area contributed by atoms with Gasteiger partial charge in [0.15, 0.2) is 0 Å². The predicted molar refractivity (Wildman–Crippen MR) is 111 cm³/mol. The molecule has 2 aliphatic rings. The molecule has 1 saturated heterocycles. The zero-order valence-electron chi connectivity index (χ0n) is 16.2. The molecule has 5 nitrogen and oxygen atoms in total. The number of rotatable bonds is 8. The number of hydrogen-bond acceptors (Lipinski definition) is 4. The second-order valence-corrected chi connectivity index (χ2v) is 8.85. The van der Waals surface area contributed by atoms with Crippen LogP contribution in [-0.4, -0.2) is 40.3 Å². The van der Waals surface area contributed by atoms with Gasteiger partial charge in [-0.3, -0.25) is 4.90 Å². The molecule has 1 aliphatic heterocycles. The number of aromatic nitrogens is 2. The predicted octanol–water partition coefficient (Wildman–Crippen LogP) is 3.76. The van der Waals surface area contributed by atoms with Crippen molar-refractivity contribution >= 4 is 17.9 Å². The van der Waals surface area contributed by atoms with Crippen LogP contribution in [0.1, 0.15) is 49.5 Å². The number of carbonyl (C=O) groups excluding carboxylic acids is 1. The Balaban J connectivity index is 1.46. The first-order valence-electron chi connectivity index (χ1n) is 10.3. The number of nitrogens with zero attached hydrogens (tertiary/aromatic N) is 2. The van der Waals surface area contributed by atoms with Gasteiger partial charge in [0.25, 0.3) is 0 Å². The van der Waals surface area contributed by atoms with Gasteiger partial charge in [-0.05, 0) is 74.2 Å². The van der Waals surface area contributed by atoms with Gasteiger partial charge in [0.2, 0.25) is 0 Å². The molecule has 1 aromatic carbocycles. The van der Waals surface area contributed by atoms with Crippen molar-refractivity contribution in [1.29, 1.82) is 0 Å². The summed E-state index contributed by atoms with van der Waals surface area (Å²) in [5, 5.41) is 0.700. The minimum absolute atomic E-state index is 0.0861. The molecule has 1 aliphatic carbocycles. The maximum atomic E-state index is 11.5. The number of imidazole rings is 1. The number of halogens is 1. The van der Waals surface area contributed by atoms with Crippen molar-refractivity contribution in [1.82, 2.24) is 14.9 Å². The van der Waals surface area contributed by atoms with E-state index < -0.39 is 6.04 Å². The van der Waals surface area contributed by atoms with Crippen molar-refractivity contribution in [2.75, 3.05) is 13.1 Å². The fourth-order valence-corrected chi connectivity index (χ4v) is 5.14. The van der Waals surface area contributed by atoms with Gasteiger partial charge in [-0.1, -0.05) is 23.7 Å². The lowest BCUT2D eigenvalue weighted by Gasteiger charge is -2.46. The zero-order chi connectivity index (χ0) is 19.6. The zero-order valence-corrected chi connectivity index (χ0v) is 16.9. The number of piperidine rings is 1. The van der Waals surface area contributed by atoms with Crippen LogP contribution in [0.25, 0.3) is 0 Å². The number of nitrogens with two attached hydrogens (primary N) is 1. The fraction of sp³-hybridized carbons (Fsp3) is 0.545. The van der Waals surface area contributed by atoms with E-state index in [-0.39, 0.29) is 6.04 Å². The maximum absolute atomic E-state index is 11.5. The van der Waals surface area contributed by atoms with Gasteiger partial charge in [0.05, 0.1) is 12.1 Å². The van der Waals surface area contributed by atoms with Gasteiger partial charge in [0, 0.05) is 23.8 Å². The standard InChI is InChI=1S/C22H29ClN4O/c23-18-5-1-16(2-6-18)21(19(24)15-28)27-13-9-22(10-14-27,17-3-4-17)8-7-20-25-11-12-26-20/h1-2,5-6,11-12,15,17,19,21H,3-4,7-10,13-14,24H2,(H,25,26). The van der Waals surface area contributed by atoms with E-state index in [1.165, 1.54) is 19.3 Å². The van der Waals surface area contributed by atoms with Crippen molar-refractivity contribution in [2.45, 2.75) is 50.6 Å². The number of aryl methyl sites for hydroxylation is 1. The third-order valence-corrected chi connectivity index (χ3v) is 7.03. The molecule has 150 valence electrons. The molecular formula is C22H29ClN4O. The van der Waals surface area contributed by atoms with Crippen LogP contribution in [0.2, 0.25) is 5.02 Å². The van der Waals surface area contributed by atoms with E-state index in [4.69, 9.17) is 17.3 Å². The van der Waals surface area contributed by atoms with Crippen molar-refractivity contribution in [2.24, 2.45) is 17.1 Å². The highest BCUT2D eigenvalue weighted by Gasteiger charge is 2.47. The fourth-order valence-electron chi connectivity index (χ4n) is 5.02. The number of likely N-dealkylation sites (tertiary alicyclic amines) is 1. The van der Waals surface area contributed by atoms with E-state index in [1.807, 2.05) is 36.7 Å². The van der Waals surface area contributed by atoms with Crippen LogP contribution in [0.4, 0.5) is 0 Å². The van der Waals surface area contributed by atoms with Crippen LogP contribution in [0.3, 0.4) is 0 Å². The number of hydrogen-bond donors (Lipinski definition) is 2. The summed E-state index contributed by atoms with van der Waals surface area (Å²) in [6.45, 7) is 1.95. The Hall–Kier alpha value is -1.69. The molecule has 4 rings (SSSR count). The van der Waals surface area contributed by atoms with E-state index in [0.29, 0.717) is 10.4 Å². The molecule has 2 fully saturated rings. The van der Waals surface area contributed by atoms with Crippen molar-refractivity contribution in [3.63, 3.8) is 0 Å². The van der Waals surface area contributed by atoms with Gasteiger partial charge in [-0.25, -0.2) is 4.98 Å². The largest absolute Gasteiger partial charge is 0.349 e. The Morgan fingerprint density at radius 1 is 1.29 bits per heavy atom. The number of benzene rings is 1. The smallest absolute Gasteiger partial charge is 0.138 e. The number of aromatic amines is 1. The normalized spacial score (nSPS) is 21.9. The van der Waals surface area contributed by atoms with E-state index in [1.54, 1.807) is 0 Å². The summed E-state index contributed by atoms with van der Waals surface area (Å²) >= 11 is 6.05. The van der Waals surface area contributed by atoms with Crippen LogP contribution in [0, 0.1) is 11.3 Å². The molecule has 2 heterocycles. The molecule has 0 radical (unpaired) electrons. The summed E-state index contributed by atoms with van der Waals surface area (Å²) in [6.07, 6.45) is 11.8. The molecule has 0 bridgehead atoms. The number of nitrogens with one attached hydrogen (secondary N) is 1. The molecule has 0 amide bonds. The lowest BCUT2D eigenvalue weighted by Crippen LogP contribution is -2.48. The first-order chi connectivity index (χ1) is 13.6. The quantitative estimate of drug-likeness (QED) is 0.661. The number of carbonyl (C=O) groups is 1. The molecule has 3 N–H and O–H groups in total. The summed E-state index contributed by atoms with van der Waals surface area (Å²) in [7, 11) is 0. The highest BCUT2D eigenvalue weighted by Crippen LogP contribution is 2.54. The van der Waals surface area contributed by atoms with E-state index in [2.05, 4.69) is 14.9 Å². The molecule has 1 saturated carbocycles. The minimum Gasteiger partial charge on any atom is -0.349 e. The molecule has 2 unspecified atom stereocenters. The first-order valence-corrected chi connectivity index (χ1v) is 10.7. The molecule has 0 spiro atoms.